The summed E-state index contributed by atoms with van der Waals surface area (Å²) in [7, 11) is 1.65. The molecule has 0 amide bonds. The molecule has 0 saturated heterocycles. The van der Waals surface area contributed by atoms with E-state index in [9.17, 15) is 0 Å². The molecule has 0 bridgehead atoms. The molecule has 100 valence electrons. The highest BCUT2D eigenvalue weighted by Crippen LogP contribution is 2.43. The number of hydrogen-bond acceptors (Lipinski definition) is 2. The van der Waals surface area contributed by atoms with Gasteiger partial charge in [-0.2, -0.15) is 5.48 Å². The lowest BCUT2D eigenvalue weighted by molar-refractivity contribution is 0.0867. The van der Waals surface area contributed by atoms with Gasteiger partial charge in [0.25, 0.3) is 0 Å². The molecule has 1 atom stereocenters. The van der Waals surface area contributed by atoms with Crippen molar-refractivity contribution in [1.29, 1.82) is 0 Å². The Bertz CT molecular complexity index is 369. The predicted octanol–water partition coefficient (Wildman–Crippen LogP) is 4.02. The summed E-state index contributed by atoms with van der Waals surface area (Å²) in [5, 5.41) is 0. The molecule has 0 aromatic heterocycles. The van der Waals surface area contributed by atoms with Crippen LogP contribution in [0, 0.1) is 5.41 Å². The zero-order chi connectivity index (χ0) is 13.0. The van der Waals surface area contributed by atoms with E-state index in [4.69, 9.17) is 4.84 Å². The molecule has 2 heteroatoms. The third-order valence-electron chi connectivity index (χ3n) is 4.08. The van der Waals surface area contributed by atoms with Gasteiger partial charge in [-0.05, 0) is 41.7 Å². The molecular weight excluding hydrogens is 222 g/mol. The van der Waals surface area contributed by atoms with Gasteiger partial charge in [0.1, 0.15) is 0 Å². The highest BCUT2D eigenvalue weighted by molar-refractivity contribution is 5.26. The summed E-state index contributed by atoms with van der Waals surface area (Å²) in [5.41, 5.74) is 6.17. The van der Waals surface area contributed by atoms with Crippen molar-refractivity contribution in [2.75, 3.05) is 7.11 Å². The first-order valence-corrected chi connectivity index (χ1v) is 6.95. The Morgan fingerprint density at radius 1 is 1.28 bits per heavy atom. The smallest absolute Gasteiger partial charge is 0.0572 e. The second kappa shape index (κ2) is 5.85. The largest absolute Gasteiger partial charge is 0.305 e. The Hall–Kier alpha value is -0.860. The molecule has 2 nitrogen and oxygen atoms in total. The van der Waals surface area contributed by atoms with E-state index in [0.29, 0.717) is 5.41 Å². The minimum absolute atomic E-state index is 0.513. The Balaban J connectivity index is 2.00. The van der Waals surface area contributed by atoms with Crippen LogP contribution >= 0.6 is 0 Å². The molecule has 1 aliphatic carbocycles. The van der Waals surface area contributed by atoms with Crippen LogP contribution in [0.4, 0.5) is 0 Å². The van der Waals surface area contributed by atoms with Crippen molar-refractivity contribution in [2.24, 2.45) is 5.41 Å². The molecule has 2 rings (SSSR count). The zero-order valence-corrected chi connectivity index (χ0v) is 11.8. The minimum atomic E-state index is 0.513. The lowest BCUT2D eigenvalue weighted by Gasteiger charge is -2.35. The topological polar surface area (TPSA) is 21.3 Å². The fourth-order valence-electron chi connectivity index (χ4n) is 3.05. The maximum atomic E-state index is 4.87. The summed E-state index contributed by atoms with van der Waals surface area (Å²) in [6.45, 7) is 5.57. The van der Waals surface area contributed by atoms with E-state index in [1.807, 2.05) is 0 Å². The average molecular weight is 247 g/mol. The van der Waals surface area contributed by atoms with Crippen LogP contribution in [-0.4, -0.2) is 7.11 Å². The van der Waals surface area contributed by atoms with Crippen LogP contribution in [0.15, 0.2) is 24.3 Å². The van der Waals surface area contributed by atoms with Gasteiger partial charge in [-0.1, -0.05) is 44.5 Å². The molecule has 1 fully saturated rings. The van der Waals surface area contributed by atoms with E-state index in [1.54, 1.807) is 7.11 Å². The van der Waals surface area contributed by atoms with E-state index in [2.05, 4.69) is 43.6 Å². The average Bonchev–Trinajstić information content (AvgIpc) is 2.36. The van der Waals surface area contributed by atoms with Crippen LogP contribution in [0.1, 0.15) is 56.6 Å². The number of benzene rings is 1. The van der Waals surface area contributed by atoms with Gasteiger partial charge in [-0.25, -0.2) is 0 Å². The van der Waals surface area contributed by atoms with E-state index in [0.717, 1.165) is 12.5 Å². The molecule has 0 spiro atoms. The van der Waals surface area contributed by atoms with Gasteiger partial charge >= 0.3 is 0 Å². The van der Waals surface area contributed by atoms with Crippen molar-refractivity contribution in [1.82, 2.24) is 5.48 Å². The van der Waals surface area contributed by atoms with Crippen molar-refractivity contribution in [3.63, 3.8) is 0 Å². The molecule has 1 saturated carbocycles. The van der Waals surface area contributed by atoms with Crippen LogP contribution in [0.2, 0.25) is 0 Å². The maximum absolute atomic E-state index is 4.87. The SMILES string of the molecule is CONCc1ccc(C2CCCC(C)(C)C2)cc1. The van der Waals surface area contributed by atoms with E-state index in [-0.39, 0.29) is 0 Å². The van der Waals surface area contributed by atoms with Crippen LogP contribution in [0.3, 0.4) is 0 Å². The van der Waals surface area contributed by atoms with Crippen molar-refractivity contribution in [2.45, 2.75) is 52.0 Å². The van der Waals surface area contributed by atoms with Gasteiger partial charge in [0.2, 0.25) is 0 Å². The van der Waals surface area contributed by atoms with Crippen LogP contribution in [0.25, 0.3) is 0 Å². The number of hydroxylamine groups is 1. The monoisotopic (exact) mass is 247 g/mol. The summed E-state index contributed by atoms with van der Waals surface area (Å²) in [6, 6.07) is 9.00. The fourth-order valence-corrected chi connectivity index (χ4v) is 3.05. The van der Waals surface area contributed by atoms with E-state index >= 15 is 0 Å². The minimum Gasteiger partial charge on any atom is -0.305 e. The van der Waals surface area contributed by atoms with Crippen molar-refractivity contribution < 1.29 is 4.84 Å². The van der Waals surface area contributed by atoms with Crippen LogP contribution in [0.5, 0.6) is 0 Å². The first-order valence-electron chi connectivity index (χ1n) is 6.95. The maximum Gasteiger partial charge on any atom is 0.0572 e. The Labute approximate surface area is 111 Å². The Morgan fingerprint density at radius 3 is 2.61 bits per heavy atom. The first-order chi connectivity index (χ1) is 8.61. The number of nitrogens with one attached hydrogen (secondary N) is 1. The lowest BCUT2D eigenvalue weighted by atomic mass is 9.70. The van der Waals surface area contributed by atoms with E-state index < -0.39 is 0 Å². The van der Waals surface area contributed by atoms with Gasteiger partial charge in [-0.3, -0.25) is 0 Å². The van der Waals surface area contributed by atoms with Gasteiger partial charge < -0.3 is 4.84 Å². The highest BCUT2D eigenvalue weighted by Gasteiger charge is 2.28. The highest BCUT2D eigenvalue weighted by atomic mass is 16.6. The standard InChI is InChI=1S/C16H25NO/c1-16(2)10-4-5-15(11-16)14-8-6-13(7-9-14)12-17-18-3/h6-9,15,17H,4-5,10-12H2,1-3H3. The quantitative estimate of drug-likeness (QED) is 0.811. The molecule has 0 radical (unpaired) electrons. The van der Waals surface area contributed by atoms with Crippen molar-refractivity contribution >= 4 is 0 Å². The molecule has 1 aliphatic rings. The molecule has 1 aromatic rings. The Kier molecular flexibility index (Phi) is 4.41. The molecule has 0 heterocycles. The van der Waals surface area contributed by atoms with Gasteiger partial charge in [-0.15, -0.1) is 0 Å². The predicted molar refractivity (Wildman–Crippen MR) is 75.3 cm³/mol. The summed E-state index contributed by atoms with van der Waals surface area (Å²) in [4.78, 5) is 4.87. The number of hydrogen-bond donors (Lipinski definition) is 1. The number of rotatable bonds is 4. The van der Waals surface area contributed by atoms with Crippen LogP contribution in [-0.2, 0) is 11.4 Å². The molecular formula is C16H25NO. The van der Waals surface area contributed by atoms with Gasteiger partial charge in [0.15, 0.2) is 0 Å². The summed E-state index contributed by atoms with van der Waals surface area (Å²) >= 11 is 0. The fraction of sp³-hybridized carbons (Fsp3) is 0.625. The second-order valence-corrected chi connectivity index (χ2v) is 6.22. The summed E-state index contributed by atoms with van der Waals surface area (Å²) in [5.74, 6) is 0.748. The second-order valence-electron chi connectivity index (χ2n) is 6.22. The van der Waals surface area contributed by atoms with Gasteiger partial charge in [0, 0.05) is 6.54 Å². The molecule has 0 aliphatic heterocycles. The van der Waals surface area contributed by atoms with Gasteiger partial charge in [0.05, 0.1) is 7.11 Å². The van der Waals surface area contributed by atoms with Crippen LogP contribution < -0.4 is 5.48 Å². The Morgan fingerprint density at radius 2 is 2.00 bits per heavy atom. The summed E-state index contributed by atoms with van der Waals surface area (Å²) in [6.07, 6.45) is 5.41. The third-order valence-corrected chi connectivity index (χ3v) is 4.08. The molecule has 1 N–H and O–H groups in total. The van der Waals surface area contributed by atoms with E-state index in [1.165, 1.54) is 36.8 Å². The lowest BCUT2D eigenvalue weighted by Crippen LogP contribution is -2.21. The molecule has 18 heavy (non-hydrogen) atoms. The summed E-state index contributed by atoms with van der Waals surface area (Å²) < 4.78 is 0. The molecule has 1 unspecified atom stereocenters. The normalized spacial score (nSPS) is 22.9. The zero-order valence-electron chi connectivity index (χ0n) is 11.8. The molecule has 1 aromatic carbocycles. The van der Waals surface area contributed by atoms with Crippen molar-refractivity contribution in [3.05, 3.63) is 35.4 Å². The third kappa shape index (κ3) is 3.56. The first kappa shape index (κ1) is 13.6. The van der Waals surface area contributed by atoms with Crippen molar-refractivity contribution in [3.8, 4) is 0 Å².